The van der Waals surface area contributed by atoms with Gasteiger partial charge in [-0.3, -0.25) is 9.69 Å². The Morgan fingerprint density at radius 2 is 2.15 bits per heavy atom. The van der Waals surface area contributed by atoms with Crippen molar-refractivity contribution in [1.82, 2.24) is 10.2 Å². The van der Waals surface area contributed by atoms with Crippen molar-refractivity contribution in [2.45, 2.75) is 76.4 Å². The third-order valence-corrected chi connectivity index (χ3v) is 5.15. The lowest BCUT2D eigenvalue weighted by Crippen LogP contribution is -2.52. The molecule has 1 aliphatic heterocycles. The minimum atomic E-state index is -0.444. The van der Waals surface area contributed by atoms with Crippen LogP contribution in [0.25, 0.3) is 0 Å². The summed E-state index contributed by atoms with van der Waals surface area (Å²) >= 11 is 0. The van der Waals surface area contributed by atoms with Gasteiger partial charge in [0.05, 0.1) is 7.11 Å². The molecule has 3 atom stereocenters. The zero-order valence-electron chi connectivity index (χ0n) is 13.3. The first-order valence-corrected chi connectivity index (χ1v) is 8.22. The van der Waals surface area contributed by atoms with Crippen molar-refractivity contribution in [2.24, 2.45) is 0 Å². The third-order valence-electron chi connectivity index (χ3n) is 5.15. The van der Waals surface area contributed by atoms with E-state index in [4.69, 9.17) is 4.74 Å². The van der Waals surface area contributed by atoms with Crippen molar-refractivity contribution in [2.75, 3.05) is 20.2 Å². The van der Waals surface area contributed by atoms with Crippen LogP contribution >= 0.6 is 0 Å². The van der Waals surface area contributed by atoms with Crippen molar-refractivity contribution in [1.29, 1.82) is 0 Å². The van der Waals surface area contributed by atoms with Crippen molar-refractivity contribution in [3.05, 3.63) is 0 Å². The minimum Gasteiger partial charge on any atom is -0.468 e. The highest BCUT2D eigenvalue weighted by molar-refractivity contribution is 5.81. The van der Waals surface area contributed by atoms with Gasteiger partial charge in [0.2, 0.25) is 0 Å². The van der Waals surface area contributed by atoms with E-state index < -0.39 is 5.54 Å². The summed E-state index contributed by atoms with van der Waals surface area (Å²) in [6, 6.07) is 1.18. The van der Waals surface area contributed by atoms with Gasteiger partial charge in [0.25, 0.3) is 0 Å². The molecule has 3 unspecified atom stereocenters. The van der Waals surface area contributed by atoms with Crippen LogP contribution < -0.4 is 5.32 Å². The van der Waals surface area contributed by atoms with Gasteiger partial charge >= 0.3 is 5.97 Å². The quantitative estimate of drug-likeness (QED) is 0.804. The topological polar surface area (TPSA) is 41.6 Å². The number of ether oxygens (including phenoxy) is 1. The third kappa shape index (κ3) is 3.17. The summed E-state index contributed by atoms with van der Waals surface area (Å²) in [4.78, 5) is 14.8. The van der Waals surface area contributed by atoms with Gasteiger partial charge < -0.3 is 10.1 Å². The highest BCUT2D eigenvalue weighted by Gasteiger charge is 2.47. The van der Waals surface area contributed by atoms with Gasteiger partial charge in [-0.1, -0.05) is 19.8 Å². The van der Waals surface area contributed by atoms with Gasteiger partial charge in [-0.15, -0.1) is 0 Å². The van der Waals surface area contributed by atoms with Crippen LogP contribution in [0.4, 0.5) is 0 Å². The first kappa shape index (κ1) is 15.8. The Morgan fingerprint density at radius 1 is 1.35 bits per heavy atom. The number of methoxy groups -OCH3 is 1. The second kappa shape index (κ2) is 6.90. The maximum Gasteiger partial charge on any atom is 0.326 e. The van der Waals surface area contributed by atoms with Crippen LogP contribution in [0, 0.1) is 0 Å². The molecule has 20 heavy (non-hydrogen) atoms. The van der Waals surface area contributed by atoms with Crippen LogP contribution in [-0.4, -0.2) is 48.7 Å². The van der Waals surface area contributed by atoms with Crippen LogP contribution in [0.1, 0.15) is 58.8 Å². The zero-order chi connectivity index (χ0) is 14.6. The van der Waals surface area contributed by atoms with E-state index in [1.54, 1.807) is 0 Å². The first-order chi connectivity index (χ1) is 9.63. The molecule has 4 heteroatoms. The molecule has 2 fully saturated rings. The summed E-state index contributed by atoms with van der Waals surface area (Å²) in [5, 5.41) is 3.41. The summed E-state index contributed by atoms with van der Waals surface area (Å²) in [7, 11) is 1.50. The molecular formula is C16H30N2O2. The van der Waals surface area contributed by atoms with Crippen molar-refractivity contribution in [3.8, 4) is 0 Å². The molecule has 0 aromatic rings. The Hall–Kier alpha value is -0.610. The van der Waals surface area contributed by atoms with Gasteiger partial charge in [0.15, 0.2) is 0 Å². The Kier molecular flexibility index (Phi) is 5.44. The highest BCUT2D eigenvalue weighted by atomic mass is 16.5. The number of esters is 1. The maximum absolute atomic E-state index is 12.2. The molecule has 116 valence electrons. The van der Waals surface area contributed by atoms with E-state index >= 15 is 0 Å². The molecule has 2 aliphatic rings. The smallest absolute Gasteiger partial charge is 0.326 e. The minimum absolute atomic E-state index is 0.0793. The van der Waals surface area contributed by atoms with Crippen molar-refractivity contribution in [3.63, 3.8) is 0 Å². The fraction of sp³-hybridized carbons (Fsp3) is 0.938. The molecule has 1 aliphatic carbocycles. The number of nitrogens with one attached hydrogen (secondary N) is 1. The molecule has 2 rings (SSSR count). The van der Waals surface area contributed by atoms with Crippen LogP contribution in [0.2, 0.25) is 0 Å². The molecule has 4 nitrogen and oxygen atoms in total. The molecule has 0 spiro atoms. The average molecular weight is 282 g/mol. The van der Waals surface area contributed by atoms with E-state index in [0.29, 0.717) is 12.1 Å². The monoisotopic (exact) mass is 282 g/mol. The van der Waals surface area contributed by atoms with Crippen LogP contribution in [0.5, 0.6) is 0 Å². The summed E-state index contributed by atoms with van der Waals surface area (Å²) in [6.45, 7) is 6.41. The molecule has 0 bridgehead atoms. The highest BCUT2D eigenvalue weighted by Crippen LogP contribution is 2.36. The average Bonchev–Trinajstić information content (AvgIpc) is 2.75. The summed E-state index contributed by atoms with van der Waals surface area (Å²) in [5.74, 6) is -0.0793. The second-order valence-electron chi connectivity index (χ2n) is 6.44. The van der Waals surface area contributed by atoms with E-state index in [9.17, 15) is 4.79 Å². The molecule has 1 N–H and O–H groups in total. The Bertz CT molecular complexity index is 334. The lowest BCUT2D eigenvalue weighted by molar-refractivity contribution is -0.148. The molecule has 1 saturated carbocycles. The van der Waals surface area contributed by atoms with E-state index in [-0.39, 0.29) is 5.97 Å². The number of hydrogen-bond acceptors (Lipinski definition) is 4. The normalized spacial score (nSPS) is 35.8. The number of carbonyl (C=O) groups excluding carboxylic acids is 1. The summed E-state index contributed by atoms with van der Waals surface area (Å²) in [6.07, 6.45) is 8.20. The standard InChI is InChI=1S/C16H30N2O2/c1-4-17-16(15(19)20-3)10-9-14(12-16)18-11-7-5-6-8-13(18)2/h13-14,17H,4-12H2,1-3H3. The summed E-state index contributed by atoms with van der Waals surface area (Å²) in [5.41, 5.74) is -0.444. The molecule has 0 aromatic heterocycles. The number of rotatable bonds is 4. The summed E-state index contributed by atoms with van der Waals surface area (Å²) < 4.78 is 5.06. The molecule has 0 radical (unpaired) electrons. The Balaban J connectivity index is 2.06. The lowest BCUT2D eigenvalue weighted by atomic mass is 9.96. The zero-order valence-corrected chi connectivity index (χ0v) is 13.3. The predicted molar refractivity (Wildman–Crippen MR) is 80.7 cm³/mol. The molecule has 0 aromatic carbocycles. The molecular weight excluding hydrogens is 252 g/mol. The van der Waals surface area contributed by atoms with Crippen molar-refractivity contribution >= 4 is 5.97 Å². The fourth-order valence-electron chi connectivity index (χ4n) is 4.09. The van der Waals surface area contributed by atoms with Gasteiger partial charge in [0.1, 0.15) is 5.54 Å². The number of carbonyl (C=O) groups is 1. The number of likely N-dealkylation sites (tertiary alicyclic amines) is 1. The Morgan fingerprint density at radius 3 is 2.85 bits per heavy atom. The first-order valence-electron chi connectivity index (χ1n) is 8.22. The van der Waals surface area contributed by atoms with Gasteiger partial charge in [-0.05, 0) is 52.1 Å². The fourth-order valence-corrected chi connectivity index (χ4v) is 4.09. The van der Waals surface area contributed by atoms with Gasteiger partial charge in [-0.25, -0.2) is 0 Å². The van der Waals surface area contributed by atoms with E-state index in [1.165, 1.54) is 39.3 Å². The van der Waals surface area contributed by atoms with Crippen LogP contribution in [0.3, 0.4) is 0 Å². The van der Waals surface area contributed by atoms with E-state index in [1.807, 2.05) is 0 Å². The molecule has 0 amide bonds. The molecule has 1 saturated heterocycles. The van der Waals surface area contributed by atoms with Gasteiger partial charge in [-0.2, -0.15) is 0 Å². The predicted octanol–water partition coefficient (Wildman–Crippen LogP) is 2.32. The Labute approximate surface area is 123 Å². The van der Waals surface area contributed by atoms with Crippen molar-refractivity contribution < 1.29 is 9.53 Å². The SMILES string of the molecule is CCNC1(C(=O)OC)CCC(N2CCCCCC2C)C1. The maximum atomic E-state index is 12.2. The lowest BCUT2D eigenvalue weighted by Gasteiger charge is -2.34. The van der Waals surface area contributed by atoms with Gasteiger partial charge in [0, 0.05) is 12.1 Å². The second-order valence-corrected chi connectivity index (χ2v) is 6.44. The number of hydrogen-bond donors (Lipinski definition) is 1. The number of likely N-dealkylation sites (N-methyl/N-ethyl adjacent to an activating group) is 1. The largest absolute Gasteiger partial charge is 0.468 e. The van der Waals surface area contributed by atoms with E-state index in [2.05, 4.69) is 24.1 Å². The molecule has 1 heterocycles. The van der Waals surface area contributed by atoms with Crippen LogP contribution in [0.15, 0.2) is 0 Å². The van der Waals surface area contributed by atoms with Crippen LogP contribution in [-0.2, 0) is 9.53 Å². The van der Waals surface area contributed by atoms with E-state index in [0.717, 1.165) is 25.8 Å². The number of nitrogens with zero attached hydrogens (tertiary/aromatic N) is 1.